The molecule has 0 unspecified atom stereocenters. The van der Waals surface area contributed by atoms with Gasteiger partial charge in [-0.3, -0.25) is 0 Å². The number of nitrogens with zero attached hydrogens (tertiary/aromatic N) is 1. The Bertz CT molecular complexity index is 281. The summed E-state index contributed by atoms with van der Waals surface area (Å²) in [6, 6.07) is 6.30. The molecular weight excluding hydrogens is 162 g/mol. The van der Waals surface area contributed by atoms with Gasteiger partial charge in [-0.05, 0) is 30.5 Å². The summed E-state index contributed by atoms with van der Waals surface area (Å²) < 4.78 is 0. The molecule has 1 rings (SSSR count). The maximum absolute atomic E-state index is 8.80. The van der Waals surface area contributed by atoms with Crippen molar-refractivity contribution in [3.63, 3.8) is 0 Å². The summed E-state index contributed by atoms with van der Waals surface area (Å²) in [6.45, 7) is 2.31. The Morgan fingerprint density at radius 3 is 2.54 bits per heavy atom. The molecule has 0 aliphatic rings. The SMILES string of the molecule is Cc1ccc(CCO)cc1N(C)C. The fourth-order valence-electron chi connectivity index (χ4n) is 1.42. The molecule has 1 aromatic carbocycles. The van der Waals surface area contributed by atoms with Crippen LogP contribution in [0.1, 0.15) is 11.1 Å². The lowest BCUT2D eigenvalue weighted by Crippen LogP contribution is -2.10. The number of hydrogen-bond donors (Lipinski definition) is 1. The van der Waals surface area contributed by atoms with Crippen LogP contribution >= 0.6 is 0 Å². The van der Waals surface area contributed by atoms with Crippen LogP contribution in [0.2, 0.25) is 0 Å². The average Bonchev–Trinajstić information content (AvgIpc) is 2.08. The first-order valence-electron chi connectivity index (χ1n) is 4.53. The van der Waals surface area contributed by atoms with Crippen LogP contribution in [0.4, 0.5) is 5.69 Å². The van der Waals surface area contributed by atoms with Crippen molar-refractivity contribution < 1.29 is 5.11 Å². The topological polar surface area (TPSA) is 23.5 Å². The zero-order valence-corrected chi connectivity index (χ0v) is 8.54. The highest BCUT2D eigenvalue weighted by Crippen LogP contribution is 2.19. The molecule has 1 N–H and O–H groups in total. The number of aryl methyl sites for hydroxylation is 1. The van der Waals surface area contributed by atoms with Crippen molar-refractivity contribution in [3.05, 3.63) is 29.3 Å². The highest BCUT2D eigenvalue weighted by atomic mass is 16.2. The maximum atomic E-state index is 8.80. The van der Waals surface area contributed by atoms with Gasteiger partial charge in [-0.15, -0.1) is 0 Å². The number of anilines is 1. The minimum absolute atomic E-state index is 0.218. The van der Waals surface area contributed by atoms with E-state index in [1.807, 2.05) is 14.1 Å². The minimum atomic E-state index is 0.218. The maximum Gasteiger partial charge on any atom is 0.0471 e. The first-order chi connectivity index (χ1) is 6.15. The van der Waals surface area contributed by atoms with E-state index in [-0.39, 0.29) is 6.61 Å². The number of benzene rings is 1. The van der Waals surface area contributed by atoms with Crippen LogP contribution in [0.5, 0.6) is 0 Å². The van der Waals surface area contributed by atoms with Gasteiger partial charge in [-0.1, -0.05) is 12.1 Å². The Balaban J connectivity index is 2.97. The summed E-state index contributed by atoms with van der Waals surface area (Å²) in [4.78, 5) is 2.09. The Kier molecular flexibility index (Phi) is 3.32. The highest BCUT2D eigenvalue weighted by molar-refractivity contribution is 5.53. The molecule has 0 heterocycles. The summed E-state index contributed by atoms with van der Waals surface area (Å²) in [5.74, 6) is 0. The van der Waals surface area contributed by atoms with Crippen LogP contribution in [0.3, 0.4) is 0 Å². The number of aliphatic hydroxyl groups excluding tert-OH is 1. The number of aliphatic hydroxyl groups is 1. The zero-order valence-electron chi connectivity index (χ0n) is 8.54. The van der Waals surface area contributed by atoms with Crippen LogP contribution in [0.25, 0.3) is 0 Å². The molecule has 72 valence electrons. The van der Waals surface area contributed by atoms with Gasteiger partial charge in [-0.25, -0.2) is 0 Å². The monoisotopic (exact) mass is 179 g/mol. The molecule has 13 heavy (non-hydrogen) atoms. The van der Waals surface area contributed by atoms with Gasteiger partial charge >= 0.3 is 0 Å². The van der Waals surface area contributed by atoms with Crippen molar-refractivity contribution >= 4 is 5.69 Å². The number of rotatable bonds is 3. The van der Waals surface area contributed by atoms with Crippen LogP contribution in [0.15, 0.2) is 18.2 Å². The van der Waals surface area contributed by atoms with Crippen molar-refractivity contribution in [2.24, 2.45) is 0 Å². The predicted octanol–water partition coefficient (Wildman–Crippen LogP) is 1.60. The van der Waals surface area contributed by atoms with Crippen molar-refractivity contribution in [2.75, 3.05) is 25.6 Å². The van der Waals surface area contributed by atoms with Crippen molar-refractivity contribution in [1.29, 1.82) is 0 Å². The van der Waals surface area contributed by atoms with E-state index in [9.17, 15) is 0 Å². The van der Waals surface area contributed by atoms with E-state index < -0.39 is 0 Å². The summed E-state index contributed by atoms with van der Waals surface area (Å²) >= 11 is 0. The van der Waals surface area contributed by atoms with Crippen molar-refractivity contribution in [3.8, 4) is 0 Å². The third-order valence-corrected chi connectivity index (χ3v) is 2.16. The van der Waals surface area contributed by atoms with E-state index in [1.165, 1.54) is 16.8 Å². The molecular formula is C11H17NO. The first-order valence-corrected chi connectivity index (χ1v) is 4.53. The summed E-state index contributed by atoms with van der Waals surface area (Å²) in [5.41, 5.74) is 3.69. The average molecular weight is 179 g/mol. The smallest absolute Gasteiger partial charge is 0.0471 e. The summed E-state index contributed by atoms with van der Waals surface area (Å²) in [6.07, 6.45) is 0.737. The Morgan fingerprint density at radius 1 is 1.31 bits per heavy atom. The van der Waals surface area contributed by atoms with Gasteiger partial charge in [0, 0.05) is 26.4 Å². The number of hydrogen-bond acceptors (Lipinski definition) is 2. The van der Waals surface area contributed by atoms with Crippen LogP contribution in [-0.2, 0) is 6.42 Å². The molecule has 0 saturated carbocycles. The highest BCUT2D eigenvalue weighted by Gasteiger charge is 2.01. The predicted molar refractivity (Wildman–Crippen MR) is 56.3 cm³/mol. The second-order valence-corrected chi connectivity index (χ2v) is 3.49. The minimum Gasteiger partial charge on any atom is -0.396 e. The molecule has 0 aliphatic carbocycles. The van der Waals surface area contributed by atoms with Crippen molar-refractivity contribution in [1.82, 2.24) is 0 Å². The molecule has 0 fully saturated rings. The lowest BCUT2D eigenvalue weighted by molar-refractivity contribution is 0.299. The molecule has 2 nitrogen and oxygen atoms in total. The zero-order chi connectivity index (χ0) is 9.84. The lowest BCUT2D eigenvalue weighted by atomic mass is 10.1. The van der Waals surface area contributed by atoms with E-state index in [0.717, 1.165) is 6.42 Å². The molecule has 0 aliphatic heterocycles. The van der Waals surface area contributed by atoms with Crippen LogP contribution < -0.4 is 4.90 Å². The van der Waals surface area contributed by atoms with Crippen molar-refractivity contribution in [2.45, 2.75) is 13.3 Å². The van der Waals surface area contributed by atoms with Gasteiger partial charge in [0.25, 0.3) is 0 Å². The third-order valence-electron chi connectivity index (χ3n) is 2.16. The van der Waals surface area contributed by atoms with Crippen LogP contribution in [0, 0.1) is 6.92 Å². The Labute approximate surface area is 79.8 Å². The van der Waals surface area contributed by atoms with Gasteiger partial charge in [0.15, 0.2) is 0 Å². The standard InChI is InChI=1S/C11H17NO/c1-9-4-5-10(6-7-13)8-11(9)12(2)3/h4-5,8,13H,6-7H2,1-3H3. The van der Waals surface area contributed by atoms with E-state index in [4.69, 9.17) is 5.11 Å². The van der Waals surface area contributed by atoms with Gasteiger partial charge in [0.1, 0.15) is 0 Å². The first kappa shape index (κ1) is 10.1. The molecule has 1 aromatic rings. The molecule has 0 amide bonds. The summed E-state index contributed by atoms with van der Waals surface area (Å²) in [7, 11) is 4.07. The quantitative estimate of drug-likeness (QED) is 0.761. The lowest BCUT2D eigenvalue weighted by Gasteiger charge is -2.16. The molecule has 0 spiro atoms. The third kappa shape index (κ3) is 2.46. The molecule has 0 radical (unpaired) electrons. The van der Waals surface area contributed by atoms with Crippen LogP contribution in [-0.4, -0.2) is 25.8 Å². The molecule has 0 saturated heterocycles. The van der Waals surface area contributed by atoms with E-state index in [0.29, 0.717) is 0 Å². The summed E-state index contributed by atoms with van der Waals surface area (Å²) in [5, 5.41) is 8.80. The second kappa shape index (κ2) is 4.28. The Morgan fingerprint density at radius 2 is 2.00 bits per heavy atom. The van der Waals surface area contributed by atoms with Gasteiger partial charge in [0.2, 0.25) is 0 Å². The van der Waals surface area contributed by atoms with E-state index >= 15 is 0 Å². The largest absolute Gasteiger partial charge is 0.396 e. The molecule has 0 atom stereocenters. The second-order valence-electron chi connectivity index (χ2n) is 3.49. The van der Waals surface area contributed by atoms with E-state index in [1.54, 1.807) is 0 Å². The normalized spacial score (nSPS) is 10.2. The fourth-order valence-corrected chi connectivity index (χ4v) is 1.42. The van der Waals surface area contributed by atoms with Gasteiger partial charge < -0.3 is 10.0 Å². The molecule has 0 bridgehead atoms. The molecule has 0 aromatic heterocycles. The van der Waals surface area contributed by atoms with E-state index in [2.05, 4.69) is 30.0 Å². The van der Waals surface area contributed by atoms with Gasteiger partial charge in [0.05, 0.1) is 0 Å². The molecule has 2 heteroatoms. The Hall–Kier alpha value is -1.02. The fraction of sp³-hybridized carbons (Fsp3) is 0.455. The van der Waals surface area contributed by atoms with Gasteiger partial charge in [-0.2, -0.15) is 0 Å².